The van der Waals surface area contributed by atoms with Crippen LogP contribution in [0.2, 0.25) is 0 Å². The monoisotopic (exact) mass is 265 g/mol. The van der Waals surface area contributed by atoms with Crippen LogP contribution in [0.15, 0.2) is 41.6 Å². The third kappa shape index (κ3) is 3.85. The van der Waals surface area contributed by atoms with Crippen molar-refractivity contribution >= 4 is 11.8 Å². The molecule has 0 fully saturated rings. The molecule has 2 N–H and O–H groups in total. The summed E-state index contributed by atoms with van der Waals surface area (Å²) in [6.45, 7) is 0. The van der Waals surface area contributed by atoms with E-state index in [0.29, 0.717) is 0 Å². The van der Waals surface area contributed by atoms with E-state index in [4.69, 9.17) is 5.73 Å². The van der Waals surface area contributed by atoms with Crippen molar-refractivity contribution in [1.82, 2.24) is 9.78 Å². The van der Waals surface area contributed by atoms with Gasteiger partial charge in [-0.25, -0.2) is 4.39 Å². The third-order valence-corrected chi connectivity index (χ3v) is 3.73. The maximum Gasteiger partial charge on any atom is 0.123 e. The quantitative estimate of drug-likeness (QED) is 0.843. The van der Waals surface area contributed by atoms with Gasteiger partial charge in [0.15, 0.2) is 0 Å². The number of hydrogen-bond donors (Lipinski definition) is 1. The second-order valence-electron chi connectivity index (χ2n) is 4.25. The number of hydrogen-bond acceptors (Lipinski definition) is 3. The highest BCUT2D eigenvalue weighted by molar-refractivity contribution is 7.99. The highest BCUT2D eigenvalue weighted by atomic mass is 32.2. The number of nitrogens with zero attached hydrogens (tertiary/aromatic N) is 2. The molecule has 96 valence electrons. The predicted molar refractivity (Wildman–Crippen MR) is 72.0 cm³/mol. The van der Waals surface area contributed by atoms with Crippen LogP contribution in [0, 0.1) is 5.82 Å². The highest BCUT2D eigenvalue weighted by Gasteiger charge is 2.06. The molecule has 1 heterocycles. The SMILES string of the molecule is Cn1cc(CC(N)CSc2ccc(F)cc2)cn1. The van der Waals surface area contributed by atoms with E-state index in [1.54, 1.807) is 28.6 Å². The maximum absolute atomic E-state index is 12.7. The number of benzene rings is 1. The number of thioether (sulfide) groups is 1. The van der Waals surface area contributed by atoms with Crippen molar-refractivity contribution in [2.45, 2.75) is 17.4 Å². The normalized spacial score (nSPS) is 12.6. The molecule has 1 aromatic carbocycles. The standard InChI is InChI=1S/C13H16FN3S/c1-17-8-10(7-16-17)6-12(15)9-18-13-4-2-11(14)3-5-13/h2-5,7-8,12H,6,9,15H2,1H3. The lowest BCUT2D eigenvalue weighted by Crippen LogP contribution is -2.25. The lowest BCUT2D eigenvalue weighted by Gasteiger charge is -2.09. The molecular weight excluding hydrogens is 249 g/mol. The molecule has 5 heteroatoms. The summed E-state index contributed by atoms with van der Waals surface area (Å²) in [5.74, 6) is 0.597. The molecule has 0 radical (unpaired) electrons. The number of aromatic nitrogens is 2. The van der Waals surface area contributed by atoms with Crippen LogP contribution in [-0.2, 0) is 13.5 Å². The number of aryl methyl sites for hydroxylation is 1. The van der Waals surface area contributed by atoms with Crippen molar-refractivity contribution < 1.29 is 4.39 Å². The zero-order valence-electron chi connectivity index (χ0n) is 10.2. The average Bonchev–Trinajstić information content (AvgIpc) is 2.74. The summed E-state index contributed by atoms with van der Waals surface area (Å²) in [6, 6.07) is 6.56. The Labute approximate surface area is 110 Å². The molecule has 18 heavy (non-hydrogen) atoms. The minimum atomic E-state index is -0.209. The van der Waals surface area contributed by atoms with E-state index in [0.717, 1.165) is 22.6 Å². The zero-order chi connectivity index (χ0) is 13.0. The van der Waals surface area contributed by atoms with Crippen molar-refractivity contribution in [3.8, 4) is 0 Å². The molecule has 0 amide bonds. The van der Waals surface area contributed by atoms with Crippen molar-refractivity contribution in [2.24, 2.45) is 12.8 Å². The first kappa shape index (κ1) is 13.1. The maximum atomic E-state index is 12.7. The Kier molecular flexibility index (Phi) is 4.38. The topological polar surface area (TPSA) is 43.8 Å². The summed E-state index contributed by atoms with van der Waals surface area (Å²) in [5, 5.41) is 4.11. The fourth-order valence-corrected chi connectivity index (χ4v) is 2.53. The van der Waals surface area contributed by atoms with Crippen molar-refractivity contribution in [2.75, 3.05) is 5.75 Å². The summed E-state index contributed by atoms with van der Waals surface area (Å²) >= 11 is 1.64. The van der Waals surface area contributed by atoms with Gasteiger partial charge in [0.05, 0.1) is 6.20 Å². The Bertz CT molecular complexity index is 495. The minimum absolute atomic E-state index is 0.0734. The van der Waals surface area contributed by atoms with E-state index in [-0.39, 0.29) is 11.9 Å². The highest BCUT2D eigenvalue weighted by Crippen LogP contribution is 2.19. The number of rotatable bonds is 5. The van der Waals surface area contributed by atoms with Crippen molar-refractivity contribution in [3.63, 3.8) is 0 Å². The predicted octanol–water partition coefficient (Wildman–Crippen LogP) is 2.22. The van der Waals surface area contributed by atoms with Gasteiger partial charge in [0.1, 0.15) is 5.82 Å². The first-order valence-corrected chi connectivity index (χ1v) is 6.73. The second kappa shape index (κ2) is 6.02. The molecule has 0 aliphatic rings. The molecule has 1 unspecified atom stereocenters. The molecule has 0 saturated carbocycles. The van der Waals surface area contributed by atoms with Gasteiger partial charge in [-0.05, 0) is 36.2 Å². The molecule has 2 rings (SSSR count). The molecule has 0 spiro atoms. The van der Waals surface area contributed by atoms with Gasteiger partial charge >= 0.3 is 0 Å². The lowest BCUT2D eigenvalue weighted by molar-refractivity contribution is 0.626. The molecule has 1 atom stereocenters. The molecule has 0 bridgehead atoms. The fourth-order valence-electron chi connectivity index (χ4n) is 1.67. The minimum Gasteiger partial charge on any atom is -0.327 e. The van der Waals surface area contributed by atoms with Crippen LogP contribution in [0.3, 0.4) is 0 Å². The summed E-state index contributed by atoms with van der Waals surface area (Å²) in [7, 11) is 1.89. The van der Waals surface area contributed by atoms with Crippen LogP contribution in [-0.4, -0.2) is 21.6 Å². The average molecular weight is 265 g/mol. The summed E-state index contributed by atoms with van der Waals surface area (Å²) in [4.78, 5) is 1.04. The molecular formula is C13H16FN3S. The van der Waals surface area contributed by atoms with E-state index < -0.39 is 0 Å². The van der Waals surface area contributed by atoms with Crippen molar-refractivity contribution in [3.05, 3.63) is 48.0 Å². The zero-order valence-corrected chi connectivity index (χ0v) is 11.0. The largest absolute Gasteiger partial charge is 0.327 e. The summed E-state index contributed by atoms with van der Waals surface area (Å²) in [5.41, 5.74) is 7.20. The van der Waals surface area contributed by atoms with Crippen LogP contribution in [0.4, 0.5) is 4.39 Å². The molecule has 0 aliphatic heterocycles. The number of nitrogens with two attached hydrogens (primary N) is 1. The second-order valence-corrected chi connectivity index (χ2v) is 5.34. The van der Waals surface area contributed by atoms with E-state index in [2.05, 4.69) is 5.10 Å². The molecule has 2 aromatic rings. The van der Waals surface area contributed by atoms with Gasteiger partial charge in [0, 0.05) is 29.9 Å². The first-order chi connectivity index (χ1) is 8.63. The van der Waals surface area contributed by atoms with E-state index in [9.17, 15) is 4.39 Å². The molecule has 1 aromatic heterocycles. The lowest BCUT2D eigenvalue weighted by atomic mass is 10.1. The Balaban J connectivity index is 1.81. The van der Waals surface area contributed by atoms with E-state index >= 15 is 0 Å². The Morgan fingerprint density at radius 3 is 2.72 bits per heavy atom. The smallest absolute Gasteiger partial charge is 0.123 e. The Morgan fingerprint density at radius 2 is 2.11 bits per heavy atom. The third-order valence-electron chi connectivity index (χ3n) is 2.53. The fraction of sp³-hybridized carbons (Fsp3) is 0.308. The van der Waals surface area contributed by atoms with Crippen LogP contribution in [0.25, 0.3) is 0 Å². The van der Waals surface area contributed by atoms with Gasteiger partial charge in [-0.3, -0.25) is 4.68 Å². The van der Waals surface area contributed by atoms with Crippen LogP contribution < -0.4 is 5.73 Å². The van der Waals surface area contributed by atoms with Gasteiger partial charge < -0.3 is 5.73 Å². The van der Waals surface area contributed by atoms with Crippen LogP contribution in [0.1, 0.15) is 5.56 Å². The van der Waals surface area contributed by atoms with Gasteiger partial charge in [-0.15, -0.1) is 11.8 Å². The van der Waals surface area contributed by atoms with E-state index in [1.807, 2.05) is 19.4 Å². The Morgan fingerprint density at radius 1 is 1.39 bits per heavy atom. The summed E-state index contributed by atoms with van der Waals surface area (Å²) < 4.78 is 14.5. The van der Waals surface area contributed by atoms with Gasteiger partial charge in [0.2, 0.25) is 0 Å². The summed E-state index contributed by atoms with van der Waals surface area (Å²) in [6.07, 6.45) is 4.62. The van der Waals surface area contributed by atoms with Gasteiger partial charge in [-0.1, -0.05) is 0 Å². The first-order valence-electron chi connectivity index (χ1n) is 5.75. The van der Waals surface area contributed by atoms with Crippen LogP contribution >= 0.6 is 11.8 Å². The van der Waals surface area contributed by atoms with Crippen LogP contribution in [0.5, 0.6) is 0 Å². The van der Waals surface area contributed by atoms with Gasteiger partial charge in [0.25, 0.3) is 0 Å². The van der Waals surface area contributed by atoms with Gasteiger partial charge in [-0.2, -0.15) is 5.10 Å². The molecule has 0 aliphatic carbocycles. The molecule has 3 nitrogen and oxygen atoms in total. The van der Waals surface area contributed by atoms with E-state index in [1.165, 1.54) is 12.1 Å². The molecule has 0 saturated heterocycles. The number of halogens is 1. The van der Waals surface area contributed by atoms with Crippen molar-refractivity contribution in [1.29, 1.82) is 0 Å². The Hall–Kier alpha value is -1.33.